The number of likely N-dealkylation sites (tertiary alicyclic amines) is 1. The summed E-state index contributed by atoms with van der Waals surface area (Å²) in [5.41, 5.74) is 1.96. The zero-order valence-corrected chi connectivity index (χ0v) is 14.7. The van der Waals surface area contributed by atoms with Crippen LogP contribution in [-0.4, -0.2) is 46.2 Å². The van der Waals surface area contributed by atoms with Crippen molar-refractivity contribution in [3.8, 4) is 0 Å². The number of imidazole rings is 1. The Labute approximate surface area is 145 Å². The highest BCUT2D eigenvalue weighted by Crippen LogP contribution is 2.30. The van der Waals surface area contributed by atoms with Crippen molar-refractivity contribution in [3.05, 3.63) is 46.5 Å². The van der Waals surface area contributed by atoms with Gasteiger partial charge in [-0.25, -0.2) is 9.97 Å². The number of thiophene rings is 1. The second-order valence-electron chi connectivity index (χ2n) is 6.26. The Morgan fingerprint density at radius 3 is 3.12 bits per heavy atom. The molecular weight excluding hydrogens is 320 g/mol. The molecule has 0 unspecified atom stereocenters. The number of aromatic nitrogens is 3. The molecule has 3 aromatic heterocycles. The fourth-order valence-electron chi connectivity index (χ4n) is 3.50. The van der Waals surface area contributed by atoms with E-state index in [4.69, 9.17) is 9.72 Å². The minimum Gasteiger partial charge on any atom is -0.383 e. The topological polar surface area (TPSA) is 43.2 Å². The van der Waals surface area contributed by atoms with E-state index in [0.717, 1.165) is 49.6 Å². The molecule has 1 saturated heterocycles. The summed E-state index contributed by atoms with van der Waals surface area (Å²) in [5, 5.41) is 2.15. The van der Waals surface area contributed by atoms with Crippen LogP contribution >= 0.6 is 11.3 Å². The van der Waals surface area contributed by atoms with Crippen LogP contribution in [0.25, 0.3) is 11.2 Å². The number of nitrogens with zero attached hydrogens (tertiary/aromatic N) is 4. The third-order valence-corrected chi connectivity index (χ3v) is 5.51. The quantitative estimate of drug-likeness (QED) is 0.690. The maximum Gasteiger partial charge on any atom is 0.160 e. The maximum absolute atomic E-state index is 5.29. The molecule has 1 aliphatic rings. The summed E-state index contributed by atoms with van der Waals surface area (Å²) in [7, 11) is 1.74. The van der Waals surface area contributed by atoms with Crippen LogP contribution in [0.5, 0.6) is 0 Å². The molecule has 1 atom stereocenters. The summed E-state index contributed by atoms with van der Waals surface area (Å²) >= 11 is 1.84. The first-order valence-corrected chi connectivity index (χ1v) is 9.28. The molecule has 5 nitrogen and oxygen atoms in total. The van der Waals surface area contributed by atoms with E-state index >= 15 is 0 Å². The predicted octanol–water partition coefficient (Wildman–Crippen LogP) is 3.13. The predicted molar refractivity (Wildman–Crippen MR) is 96.4 cm³/mol. The lowest BCUT2D eigenvalue weighted by Crippen LogP contribution is -2.20. The lowest BCUT2D eigenvalue weighted by Gasteiger charge is -2.16. The van der Waals surface area contributed by atoms with Gasteiger partial charge in [0.15, 0.2) is 5.65 Å². The molecule has 1 fully saturated rings. The zero-order valence-electron chi connectivity index (χ0n) is 13.9. The van der Waals surface area contributed by atoms with Crippen LogP contribution in [0.3, 0.4) is 0 Å². The van der Waals surface area contributed by atoms with Gasteiger partial charge in [0, 0.05) is 43.7 Å². The van der Waals surface area contributed by atoms with Crippen molar-refractivity contribution in [2.45, 2.75) is 25.4 Å². The normalized spacial score (nSPS) is 18.6. The standard InChI is InChI=1S/C18H22N4OS/c1-23-10-9-22-17(20-16-5-2-7-19-18(16)22)14-6-8-21(12-14)13-15-4-3-11-24-15/h2-5,7,11,14H,6,8-10,12-13H2,1H3/t14-/m1/s1. The van der Waals surface area contributed by atoms with Crippen molar-refractivity contribution >= 4 is 22.5 Å². The molecule has 6 heteroatoms. The molecule has 24 heavy (non-hydrogen) atoms. The summed E-state index contributed by atoms with van der Waals surface area (Å²) in [6.07, 6.45) is 3.00. The Bertz CT molecular complexity index is 799. The van der Waals surface area contributed by atoms with Gasteiger partial charge in [-0.1, -0.05) is 6.07 Å². The van der Waals surface area contributed by atoms with Gasteiger partial charge in [0.2, 0.25) is 0 Å². The summed E-state index contributed by atoms with van der Waals surface area (Å²) in [6.45, 7) is 4.73. The lowest BCUT2D eigenvalue weighted by atomic mass is 10.1. The first-order valence-electron chi connectivity index (χ1n) is 8.40. The van der Waals surface area contributed by atoms with E-state index in [9.17, 15) is 0 Å². The largest absolute Gasteiger partial charge is 0.383 e. The van der Waals surface area contributed by atoms with Crippen molar-refractivity contribution in [1.82, 2.24) is 19.4 Å². The van der Waals surface area contributed by atoms with Crippen LogP contribution in [0.4, 0.5) is 0 Å². The van der Waals surface area contributed by atoms with Crippen molar-refractivity contribution in [1.29, 1.82) is 0 Å². The number of pyridine rings is 1. The average Bonchev–Trinajstić information content (AvgIpc) is 3.33. The van der Waals surface area contributed by atoms with Crippen LogP contribution in [0.2, 0.25) is 0 Å². The molecule has 1 aliphatic heterocycles. The number of hydrogen-bond acceptors (Lipinski definition) is 5. The lowest BCUT2D eigenvalue weighted by molar-refractivity contribution is 0.186. The zero-order chi connectivity index (χ0) is 16.4. The van der Waals surface area contributed by atoms with Crippen molar-refractivity contribution in [3.63, 3.8) is 0 Å². The number of rotatable bonds is 6. The van der Waals surface area contributed by atoms with Gasteiger partial charge in [-0.15, -0.1) is 11.3 Å². The van der Waals surface area contributed by atoms with E-state index in [-0.39, 0.29) is 0 Å². The van der Waals surface area contributed by atoms with E-state index in [2.05, 4.69) is 32.0 Å². The fourth-order valence-corrected chi connectivity index (χ4v) is 4.25. The Morgan fingerprint density at radius 1 is 1.33 bits per heavy atom. The van der Waals surface area contributed by atoms with Gasteiger partial charge in [-0.3, -0.25) is 4.90 Å². The molecular formula is C18H22N4OS. The summed E-state index contributed by atoms with van der Waals surface area (Å²) in [5.74, 6) is 1.63. The molecule has 0 radical (unpaired) electrons. The number of fused-ring (bicyclic) bond motifs is 1. The summed E-state index contributed by atoms with van der Waals surface area (Å²) < 4.78 is 7.54. The molecule has 0 N–H and O–H groups in total. The molecule has 0 aliphatic carbocycles. The van der Waals surface area contributed by atoms with Crippen LogP contribution in [-0.2, 0) is 17.8 Å². The SMILES string of the molecule is COCCn1c([C@@H]2CCN(Cc3cccs3)C2)nc2cccnc21. The van der Waals surface area contributed by atoms with E-state index in [1.54, 1.807) is 7.11 Å². The van der Waals surface area contributed by atoms with Crippen LogP contribution in [0.15, 0.2) is 35.8 Å². The number of ether oxygens (including phenoxy) is 1. The summed E-state index contributed by atoms with van der Waals surface area (Å²) in [4.78, 5) is 13.4. The van der Waals surface area contributed by atoms with Gasteiger partial charge in [0.05, 0.1) is 6.61 Å². The monoisotopic (exact) mass is 342 g/mol. The Balaban J connectivity index is 1.57. The van der Waals surface area contributed by atoms with Crippen LogP contribution in [0, 0.1) is 0 Å². The molecule has 0 amide bonds. The maximum atomic E-state index is 5.29. The second kappa shape index (κ2) is 7.01. The summed E-state index contributed by atoms with van der Waals surface area (Å²) in [6, 6.07) is 8.35. The molecule has 4 heterocycles. The van der Waals surface area contributed by atoms with Gasteiger partial charge >= 0.3 is 0 Å². The molecule has 0 aromatic carbocycles. The minimum absolute atomic E-state index is 0.469. The van der Waals surface area contributed by atoms with Gasteiger partial charge in [-0.2, -0.15) is 0 Å². The number of hydrogen-bond donors (Lipinski definition) is 0. The van der Waals surface area contributed by atoms with Crippen LogP contribution in [0.1, 0.15) is 23.0 Å². The highest BCUT2D eigenvalue weighted by atomic mass is 32.1. The van der Waals surface area contributed by atoms with Crippen LogP contribution < -0.4 is 0 Å². The first-order chi connectivity index (χ1) is 11.8. The van der Waals surface area contributed by atoms with E-state index < -0.39 is 0 Å². The van der Waals surface area contributed by atoms with Gasteiger partial charge < -0.3 is 9.30 Å². The fraction of sp³-hybridized carbons (Fsp3) is 0.444. The van der Waals surface area contributed by atoms with Crippen molar-refractivity contribution in [2.24, 2.45) is 0 Å². The van der Waals surface area contributed by atoms with Gasteiger partial charge in [0.1, 0.15) is 11.3 Å². The van der Waals surface area contributed by atoms with Crippen molar-refractivity contribution < 1.29 is 4.74 Å². The van der Waals surface area contributed by atoms with E-state index in [1.807, 2.05) is 29.7 Å². The van der Waals surface area contributed by atoms with E-state index in [0.29, 0.717) is 12.5 Å². The van der Waals surface area contributed by atoms with Gasteiger partial charge in [0.25, 0.3) is 0 Å². The van der Waals surface area contributed by atoms with Gasteiger partial charge in [-0.05, 0) is 36.5 Å². The highest BCUT2D eigenvalue weighted by molar-refractivity contribution is 7.09. The molecule has 126 valence electrons. The second-order valence-corrected chi connectivity index (χ2v) is 7.29. The smallest absolute Gasteiger partial charge is 0.160 e. The molecule has 0 spiro atoms. The molecule has 0 saturated carbocycles. The molecule has 0 bridgehead atoms. The Hall–Kier alpha value is -1.76. The Kier molecular flexibility index (Phi) is 4.60. The Morgan fingerprint density at radius 2 is 2.29 bits per heavy atom. The average molecular weight is 342 g/mol. The molecule has 4 rings (SSSR count). The number of methoxy groups -OCH3 is 1. The van der Waals surface area contributed by atoms with Crippen molar-refractivity contribution in [2.75, 3.05) is 26.8 Å². The first kappa shape index (κ1) is 15.7. The third-order valence-electron chi connectivity index (χ3n) is 4.65. The van der Waals surface area contributed by atoms with E-state index in [1.165, 1.54) is 4.88 Å². The highest BCUT2D eigenvalue weighted by Gasteiger charge is 2.28. The minimum atomic E-state index is 0.469. The third kappa shape index (κ3) is 3.09. The molecule has 3 aromatic rings.